The third-order valence-corrected chi connectivity index (χ3v) is 7.46. The van der Waals surface area contributed by atoms with Crippen molar-refractivity contribution in [2.45, 2.75) is 152 Å². The van der Waals surface area contributed by atoms with Crippen LogP contribution in [-0.4, -0.2) is 122 Å². The van der Waals surface area contributed by atoms with E-state index in [1.165, 1.54) is 64.2 Å². The Morgan fingerprint density at radius 1 is 0.775 bits per heavy atom. The van der Waals surface area contributed by atoms with Crippen LogP contribution in [0.2, 0.25) is 0 Å². The normalized spacial score (nSPS) is 26.3. The Morgan fingerprint density at radius 2 is 1.27 bits per heavy atom. The number of nitrogens with one attached hydrogen (secondary N) is 1. The Morgan fingerprint density at radius 3 is 1.75 bits per heavy atom. The molecule has 0 aromatic rings. The van der Waals surface area contributed by atoms with Gasteiger partial charge in [0, 0.05) is 6.54 Å². The number of hydrogen-bond donors (Lipinski definition) is 9. The van der Waals surface area contributed by atoms with Gasteiger partial charge in [0.1, 0.15) is 42.7 Å². The van der Waals surface area contributed by atoms with Gasteiger partial charge in [0.05, 0.1) is 13.2 Å². The molecule has 0 aromatic heterocycles. The van der Waals surface area contributed by atoms with Gasteiger partial charge in [-0.1, -0.05) is 90.4 Å². The highest BCUT2D eigenvalue weighted by Crippen LogP contribution is 2.25. The molecule has 1 heterocycles. The van der Waals surface area contributed by atoms with E-state index in [2.05, 4.69) is 12.2 Å². The first-order chi connectivity index (χ1) is 19.2. The first-order valence-electron chi connectivity index (χ1n) is 15.1. The van der Waals surface area contributed by atoms with E-state index in [1.807, 2.05) is 0 Å². The fourth-order valence-electron chi connectivity index (χ4n) is 4.81. The molecule has 0 spiro atoms. The zero-order valence-corrected chi connectivity index (χ0v) is 24.0. The van der Waals surface area contributed by atoms with E-state index in [4.69, 9.17) is 9.47 Å². The minimum atomic E-state index is -2.04. The Bertz CT molecular complexity index is 641. The van der Waals surface area contributed by atoms with Crippen LogP contribution in [0.3, 0.4) is 0 Å². The first kappa shape index (κ1) is 37.1. The lowest BCUT2D eigenvalue weighted by Crippen LogP contribution is -2.62. The number of hydrogen-bond acceptors (Lipinski definition) is 11. The predicted octanol–water partition coefficient (Wildman–Crippen LogP) is -0.156. The van der Waals surface area contributed by atoms with Crippen LogP contribution in [0.1, 0.15) is 96.8 Å². The lowest BCUT2D eigenvalue weighted by molar-refractivity contribution is -0.326. The third kappa shape index (κ3) is 13.4. The summed E-state index contributed by atoms with van der Waals surface area (Å²) in [6.45, 7) is 0.853. The van der Waals surface area contributed by atoms with Crippen LogP contribution in [0.25, 0.3) is 0 Å². The summed E-state index contributed by atoms with van der Waals surface area (Å²) in [5.41, 5.74) is 0. The molecule has 238 valence electrons. The highest BCUT2D eigenvalue weighted by molar-refractivity contribution is 5.81. The summed E-state index contributed by atoms with van der Waals surface area (Å²) in [7, 11) is 0. The second kappa shape index (κ2) is 21.7. The van der Waals surface area contributed by atoms with Gasteiger partial charge in [0.25, 0.3) is 5.91 Å². The van der Waals surface area contributed by atoms with Crippen molar-refractivity contribution in [2.75, 3.05) is 19.8 Å². The molecule has 1 saturated heterocycles. The molecule has 12 heteroatoms. The highest BCUT2D eigenvalue weighted by atomic mass is 16.7. The number of aliphatic hydroxyl groups is 8. The van der Waals surface area contributed by atoms with E-state index in [-0.39, 0.29) is 6.54 Å². The van der Waals surface area contributed by atoms with Gasteiger partial charge in [-0.15, -0.1) is 0 Å². The summed E-state index contributed by atoms with van der Waals surface area (Å²) in [6.07, 6.45) is 0.720. The minimum Gasteiger partial charge on any atom is -0.394 e. The molecule has 1 amide bonds. The van der Waals surface area contributed by atoms with E-state index >= 15 is 0 Å². The van der Waals surface area contributed by atoms with Crippen molar-refractivity contribution >= 4 is 5.91 Å². The fraction of sp³-hybridized carbons (Fsp3) is 0.964. The lowest BCUT2D eigenvalue weighted by Gasteiger charge is -2.42. The number of ether oxygens (including phenoxy) is 2. The molecule has 1 fully saturated rings. The van der Waals surface area contributed by atoms with Gasteiger partial charge in [-0.3, -0.25) is 4.79 Å². The molecule has 40 heavy (non-hydrogen) atoms. The summed E-state index contributed by atoms with van der Waals surface area (Å²) >= 11 is 0. The quantitative estimate of drug-likeness (QED) is 0.0724. The van der Waals surface area contributed by atoms with Crippen LogP contribution >= 0.6 is 0 Å². The van der Waals surface area contributed by atoms with Gasteiger partial charge in [-0.25, -0.2) is 0 Å². The second-order valence-corrected chi connectivity index (χ2v) is 10.9. The number of carbonyl (C=O) groups excluding carboxylic acids is 1. The van der Waals surface area contributed by atoms with Crippen molar-refractivity contribution in [3.63, 3.8) is 0 Å². The van der Waals surface area contributed by atoms with E-state index in [1.54, 1.807) is 0 Å². The van der Waals surface area contributed by atoms with Crippen molar-refractivity contribution in [1.29, 1.82) is 0 Å². The van der Waals surface area contributed by atoms with E-state index in [9.17, 15) is 45.6 Å². The Hall–Kier alpha value is -0.930. The maximum Gasteiger partial charge on any atom is 0.251 e. The highest BCUT2D eigenvalue weighted by Gasteiger charge is 2.47. The van der Waals surface area contributed by atoms with Crippen molar-refractivity contribution in [1.82, 2.24) is 5.32 Å². The maximum absolute atomic E-state index is 12.4. The summed E-state index contributed by atoms with van der Waals surface area (Å²) < 4.78 is 10.5. The molecule has 9 atom stereocenters. The van der Waals surface area contributed by atoms with Gasteiger partial charge in [0.2, 0.25) is 0 Å². The SMILES string of the molecule is CCCCCCCCCCCCCCCCNC(=O)[C@H](O)[C@@H](O)[C@H](O[C@@H]1OC(CO)[C@@H](O)[C@H](O)C1O)[C@H](O)CO. The number of aliphatic hydroxyl groups excluding tert-OH is 8. The van der Waals surface area contributed by atoms with Crippen molar-refractivity contribution in [3.05, 3.63) is 0 Å². The smallest absolute Gasteiger partial charge is 0.251 e. The fourth-order valence-corrected chi connectivity index (χ4v) is 4.81. The monoisotopic (exact) mass is 581 g/mol. The van der Waals surface area contributed by atoms with E-state index < -0.39 is 74.2 Å². The molecular formula is C28H55NO11. The summed E-state index contributed by atoms with van der Waals surface area (Å²) in [6, 6.07) is 0. The summed E-state index contributed by atoms with van der Waals surface area (Å²) in [5, 5.41) is 82.1. The number of unbranched alkanes of at least 4 members (excludes halogenated alkanes) is 13. The molecular weight excluding hydrogens is 526 g/mol. The summed E-state index contributed by atoms with van der Waals surface area (Å²) in [4.78, 5) is 12.4. The predicted molar refractivity (Wildman–Crippen MR) is 147 cm³/mol. The van der Waals surface area contributed by atoms with Crippen molar-refractivity contribution < 1.29 is 55.1 Å². The standard InChI is InChI=1S/C28H55NO11/c1-2-3-4-5-6-7-8-9-10-11-12-13-14-15-16-29-27(38)24(36)23(35)26(19(32)17-30)40-28-25(37)22(34)21(33)20(18-31)39-28/h19-26,28,30-37H,2-18H2,1H3,(H,29,38)/t19-,20?,21-,22+,23-,24-,25?,26-,28+/m1/s1. The van der Waals surface area contributed by atoms with Crippen LogP contribution in [-0.2, 0) is 14.3 Å². The van der Waals surface area contributed by atoms with Crippen molar-refractivity contribution in [3.8, 4) is 0 Å². The topological polar surface area (TPSA) is 209 Å². The maximum atomic E-state index is 12.4. The lowest BCUT2D eigenvalue weighted by atomic mass is 9.98. The molecule has 1 aliphatic rings. The Kier molecular flexibility index (Phi) is 20.1. The minimum absolute atomic E-state index is 0.279. The van der Waals surface area contributed by atoms with Gasteiger partial charge >= 0.3 is 0 Å². The molecule has 2 unspecified atom stereocenters. The number of amides is 1. The molecule has 12 nitrogen and oxygen atoms in total. The second-order valence-electron chi connectivity index (χ2n) is 10.9. The largest absolute Gasteiger partial charge is 0.394 e. The number of rotatable bonds is 23. The van der Waals surface area contributed by atoms with Crippen LogP contribution in [0, 0.1) is 0 Å². The zero-order chi connectivity index (χ0) is 29.9. The van der Waals surface area contributed by atoms with Crippen molar-refractivity contribution in [2.24, 2.45) is 0 Å². The average Bonchev–Trinajstić information content (AvgIpc) is 2.96. The molecule has 1 rings (SSSR count). The third-order valence-electron chi connectivity index (χ3n) is 7.46. The van der Waals surface area contributed by atoms with E-state index in [0.717, 1.165) is 19.3 Å². The van der Waals surface area contributed by atoms with E-state index in [0.29, 0.717) is 6.42 Å². The van der Waals surface area contributed by atoms with Gasteiger partial charge in [-0.2, -0.15) is 0 Å². The average molecular weight is 582 g/mol. The van der Waals surface area contributed by atoms with Gasteiger partial charge in [-0.05, 0) is 6.42 Å². The molecule has 0 radical (unpaired) electrons. The first-order valence-corrected chi connectivity index (χ1v) is 15.1. The molecule has 1 aliphatic heterocycles. The zero-order valence-electron chi connectivity index (χ0n) is 24.0. The molecule has 0 aromatic carbocycles. The molecule has 0 aliphatic carbocycles. The Labute approximate surface area is 238 Å². The Balaban J connectivity index is 2.32. The summed E-state index contributed by atoms with van der Waals surface area (Å²) in [5.74, 6) is -0.908. The molecule has 0 bridgehead atoms. The number of carbonyl (C=O) groups is 1. The van der Waals surface area contributed by atoms with Gasteiger partial charge < -0.3 is 55.6 Å². The van der Waals surface area contributed by atoms with Crippen LogP contribution in [0.4, 0.5) is 0 Å². The molecule has 0 saturated carbocycles. The van der Waals surface area contributed by atoms with Crippen LogP contribution < -0.4 is 5.32 Å². The molecule has 9 N–H and O–H groups in total. The van der Waals surface area contributed by atoms with Crippen LogP contribution in [0.5, 0.6) is 0 Å². The van der Waals surface area contributed by atoms with Crippen LogP contribution in [0.15, 0.2) is 0 Å². The van der Waals surface area contributed by atoms with Gasteiger partial charge in [0.15, 0.2) is 12.4 Å².